The number of hydrogen-bond acceptors (Lipinski definition) is 2. The van der Waals surface area contributed by atoms with Gasteiger partial charge in [0.1, 0.15) is 5.82 Å². The van der Waals surface area contributed by atoms with Crippen LogP contribution in [0.25, 0.3) is 0 Å². The van der Waals surface area contributed by atoms with E-state index in [1.165, 1.54) is 6.07 Å². The van der Waals surface area contributed by atoms with Gasteiger partial charge in [-0.2, -0.15) is 0 Å². The molecule has 0 radical (unpaired) electrons. The quantitative estimate of drug-likeness (QED) is 0.927. The van der Waals surface area contributed by atoms with Crippen molar-refractivity contribution in [2.75, 3.05) is 19.6 Å². The van der Waals surface area contributed by atoms with Crippen LogP contribution in [0.3, 0.4) is 0 Å². The van der Waals surface area contributed by atoms with E-state index in [0.717, 1.165) is 57.3 Å². The van der Waals surface area contributed by atoms with E-state index >= 15 is 0 Å². The molecule has 1 aromatic carbocycles. The van der Waals surface area contributed by atoms with Crippen molar-refractivity contribution >= 4 is 5.91 Å². The molecule has 114 valence electrons. The number of piperidine rings is 1. The molecule has 21 heavy (non-hydrogen) atoms. The predicted octanol–water partition coefficient (Wildman–Crippen LogP) is 2.36. The van der Waals surface area contributed by atoms with Crippen molar-refractivity contribution in [1.82, 2.24) is 10.2 Å². The molecule has 0 aromatic heterocycles. The largest absolute Gasteiger partial charge is 0.339 e. The summed E-state index contributed by atoms with van der Waals surface area (Å²) in [6.07, 6.45) is 4.94. The molecule has 1 aromatic rings. The van der Waals surface area contributed by atoms with Crippen LogP contribution in [0.5, 0.6) is 0 Å². The Morgan fingerprint density at radius 3 is 3.00 bits per heavy atom. The third-order valence-corrected chi connectivity index (χ3v) is 4.67. The fourth-order valence-electron chi connectivity index (χ4n) is 3.57. The highest BCUT2D eigenvalue weighted by Gasteiger charge is 2.33. The summed E-state index contributed by atoms with van der Waals surface area (Å²) in [5, 5.41) is 3.31. The molecule has 0 saturated carbocycles. The van der Waals surface area contributed by atoms with Crippen LogP contribution in [0.15, 0.2) is 24.3 Å². The van der Waals surface area contributed by atoms with E-state index in [1.54, 1.807) is 12.1 Å². The molecule has 0 bridgehead atoms. The molecule has 0 spiro atoms. The molecular formula is C17H23FN2O. The Morgan fingerprint density at radius 2 is 2.24 bits per heavy atom. The molecule has 3 rings (SSSR count). The standard InChI is InChI=1S/C17H23FN2O/c18-15-6-1-4-13(10-15)11-16-7-3-9-20(16)17(21)14-5-2-8-19-12-14/h1,4,6,10,14,16,19H,2-3,5,7-9,11-12H2. The van der Waals surface area contributed by atoms with Crippen molar-refractivity contribution in [2.45, 2.75) is 38.1 Å². The van der Waals surface area contributed by atoms with E-state index < -0.39 is 0 Å². The molecular weight excluding hydrogens is 267 g/mol. The van der Waals surface area contributed by atoms with Gasteiger partial charge in [0.2, 0.25) is 5.91 Å². The Bertz CT molecular complexity index is 499. The van der Waals surface area contributed by atoms with Crippen LogP contribution in [0.4, 0.5) is 4.39 Å². The fraction of sp³-hybridized carbons (Fsp3) is 0.588. The Hall–Kier alpha value is -1.42. The van der Waals surface area contributed by atoms with Crippen molar-refractivity contribution in [2.24, 2.45) is 5.92 Å². The Morgan fingerprint density at radius 1 is 1.33 bits per heavy atom. The van der Waals surface area contributed by atoms with Crippen LogP contribution >= 0.6 is 0 Å². The highest BCUT2D eigenvalue weighted by Crippen LogP contribution is 2.25. The third-order valence-electron chi connectivity index (χ3n) is 4.67. The van der Waals surface area contributed by atoms with Gasteiger partial charge in [0.05, 0.1) is 5.92 Å². The van der Waals surface area contributed by atoms with Gasteiger partial charge in [-0.05, 0) is 56.3 Å². The lowest BCUT2D eigenvalue weighted by Gasteiger charge is -2.31. The zero-order chi connectivity index (χ0) is 14.7. The maximum atomic E-state index is 13.3. The topological polar surface area (TPSA) is 32.3 Å². The van der Waals surface area contributed by atoms with Crippen LogP contribution in [-0.2, 0) is 11.2 Å². The first-order valence-corrected chi connectivity index (χ1v) is 7.99. The van der Waals surface area contributed by atoms with E-state index in [0.29, 0.717) is 5.91 Å². The first kappa shape index (κ1) is 14.5. The molecule has 2 heterocycles. The highest BCUT2D eigenvalue weighted by atomic mass is 19.1. The first-order chi connectivity index (χ1) is 10.2. The summed E-state index contributed by atoms with van der Waals surface area (Å²) in [7, 11) is 0. The summed E-state index contributed by atoms with van der Waals surface area (Å²) in [4.78, 5) is 14.7. The molecule has 2 atom stereocenters. The van der Waals surface area contributed by atoms with Crippen molar-refractivity contribution in [3.8, 4) is 0 Å². The summed E-state index contributed by atoms with van der Waals surface area (Å²) < 4.78 is 13.3. The van der Waals surface area contributed by atoms with Crippen LogP contribution in [0, 0.1) is 11.7 Å². The van der Waals surface area contributed by atoms with Crippen LogP contribution in [0.1, 0.15) is 31.2 Å². The maximum absolute atomic E-state index is 13.3. The Labute approximate surface area is 125 Å². The average molecular weight is 290 g/mol. The van der Waals surface area contributed by atoms with Crippen molar-refractivity contribution < 1.29 is 9.18 Å². The second-order valence-corrected chi connectivity index (χ2v) is 6.21. The van der Waals surface area contributed by atoms with Crippen molar-refractivity contribution in [1.29, 1.82) is 0 Å². The number of likely N-dealkylation sites (tertiary alicyclic amines) is 1. The van der Waals surface area contributed by atoms with Crippen LogP contribution in [-0.4, -0.2) is 36.5 Å². The molecule has 2 aliphatic rings. The summed E-state index contributed by atoms with van der Waals surface area (Å²) in [5.41, 5.74) is 0.987. The zero-order valence-corrected chi connectivity index (χ0v) is 12.4. The fourth-order valence-corrected chi connectivity index (χ4v) is 3.57. The Balaban J connectivity index is 1.66. The third kappa shape index (κ3) is 3.43. The van der Waals surface area contributed by atoms with E-state index in [-0.39, 0.29) is 17.8 Å². The number of nitrogens with one attached hydrogen (secondary N) is 1. The number of benzene rings is 1. The van der Waals surface area contributed by atoms with Crippen LogP contribution < -0.4 is 5.32 Å². The second kappa shape index (κ2) is 6.56. The summed E-state index contributed by atoms with van der Waals surface area (Å²) in [5.74, 6) is 0.229. The number of amides is 1. The lowest BCUT2D eigenvalue weighted by atomic mass is 9.97. The minimum absolute atomic E-state index is 0.131. The Kier molecular flexibility index (Phi) is 4.54. The van der Waals surface area contributed by atoms with E-state index in [1.807, 2.05) is 11.0 Å². The second-order valence-electron chi connectivity index (χ2n) is 6.21. The summed E-state index contributed by atoms with van der Waals surface area (Å²) in [6, 6.07) is 6.99. The van der Waals surface area contributed by atoms with Gasteiger partial charge in [0.15, 0.2) is 0 Å². The number of hydrogen-bond donors (Lipinski definition) is 1. The molecule has 2 fully saturated rings. The summed E-state index contributed by atoms with van der Waals surface area (Å²) in [6.45, 7) is 2.69. The van der Waals surface area contributed by atoms with E-state index in [2.05, 4.69) is 5.32 Å². The number of carbonyl (C=O) groups excluding carboxylic acids is 1. The van der Waals surface area contributed by atoms with Gasteiger partial charge >= 0.3 is 0 Å². The smallest absolute Gasteiger partial charge is 0.227 e. The molecule has 2 unspecified atom stereocenters. The maximum Gasteiger partial charge on any atom is 0.227 e. The minimum Gasteiger partial charge on any atom is -0.339 e. The highest BCUT2D eigenvalue weighted by molar-refractivity contribution is 5.79. The van der Waals surface area contributed by atoms with Gasteiger partial charge in [-0.1, -0.05) is 12.1 Å². The molecule has 1 N–H and O–H groups in total. The van der Waals surface area contributed by atoms with Crippen molar-refractivity contribution in [3.05, 3.63) is 35.6 Å². The van der Waals surface area contributed by atoms with Crippen LogP contribution in [0.2, 0.25) is 0 Å². The molecule has 0 aliphatic carbocycles. The minimum atomic E-state index is -0.195. The van der Waals surface area contributed by atoms with Gasteiger partial charge in [-0.15, -0.1) is 0 Å². The first-order valence-electron chi connectivity index (χ1n) is 7.99. The molecule has 2 aliphatic heterocycles. The zero-order valence-electron chi connectivity index (χ0n) is 12.4. The summed E-state index contributed by atoms with van der Waals surface area (Å²) >= 11 is 0. The van der Waals surface area contributed by atoms with Gasteiger partial charge in [0.25, 0.3) is 0 Å². The average Bonchev–Trinajstić information content (AvgIpc) is 2.95. The lowest BCUT2D eigenvalue weighted by Crippen LogP contribution is -2.45. The molecule has 2 saturated heterocycles. The van der Waals surface area contributed by atoms with Gasteiger partial charge < -0.3 is 10.2 Å². The lowest BCUT2D eigenvalue weighted by molar-refractivity contribution is -0.136. The molecule has 3 nitrogen and oxygen atoms in total. The molecule has 4 heteroatoms. The number of rotatable bonds is 3. The van der Waals surface area contributed by atoms with E-state index in [9.17, 15) is 9.18 Å². The van der Waals surface area contributed by atoms with Gasteiger partial charge in [-0.3, -0.25) is 4.79 Å². The van der Waals surface area contributed by atoms with Crippen molar-refractivity contribution in [3.63, 3.8) is 0 Å². The monoisotopic (exact) mass is 290 g/mol. The number of nitrogens with zero attached hydrogens (tertiary/aromatic N) is 1. The van der Waals surface area contributed by atoms with Gasteiger partial charge in [-0.25, -0.2) is 4.39 Å². The van der Waals surface area contributed by atoms with Gasteiger partial charge in [0, 0.05) is 19.1 Å². The SMILES string of the molecule is O=C(C1CCCNC1)N1CCCC1Cc1cccc(F)c1. The molecule has 1 amide bonds. The number of carbonyl (C=O) groups is 1. The normalized spacial score (nSPS) is 26.0. The predicted molar refractivity (Wildman–Crippen MR) is 80.4 cm³/mol. The van der Waals surface area contributed by atoms with E-state index in [4.69, 9.17) is 0 Å². The number of halogens is 1.